The zero-order chi connectivity index (χ0) is 11.6. The zero-order valence-corrected chi connectivity index (χ0v) is 11.2. The van der Waals surface area contributed by atoms with Gasteiger partial charge in [0.1, 0.15) is 0 Å². The van der Waals surface area contributed by atoms with Crippen molar-refractivity contribution in [1.82, 2.24) is 9.78 Å². The summed E-state index contributed by atoms with van der Waals surface area (Å²) in [7, 11) is 1.86. The van der Waals surface area contributed by atoms with Crippen molar-refractivity contribution in [3.63, 3.8) is 0 Å². The van der Waals surface area contributed by atoms with Gasteiger partial charge in [0.15, 0.2) is 0 Å². The van der Waals surface area contributed by atoms with Crippen LogP contribution < -0.4 is 5.73 Å². The lowest BCUT2D eigenvalue weighted by Crippen LogP contribution is -2.20. The van der Waals surface area contributed by atoms with Crippen LogP contribution in [0.25, 0.3) is 0 Å². The van der Waals surface area contributed by atoms with Crippen molar-refractivity contribution in [3.8, 4) is 0 Å². The van der Waals surface area contributed by atoms with Gasteiger partial charge in [0, 0.05) is 17.5 Å². The molecule has 15 heavy (non-hydrogen) atoms. The Bertz CT molecular complexity index is 310. The van der Waals surface area contributed by atoms with Crippen molar-refractivity contribution in [3.05, 3.63) is 16.9 Å². The van der Waals surface area contributed by atoms with Crippen LogP contribution in [-0.2, 0) is 7.05 Å². The fraction of sp³-hybridized carbons (Fsp3) is 0.700. The second-order valence-corrected chi connectivity index (χ2v) is 6.79. The topological polar surface area (TPSA) is 43.8 Å². The molecule has 2 N–H and O–H groups in total. The highest BCUT2D eigenvalue weighted by molar-refractivity contribution is 8.00. The summed E-state index contributed by atoms with van der Waals surface area (Å²) in [6.07, 6.45) is 1.64. The molecule has 1 aromatic heterocycles. The number of nitrogens with zero attached hydrogens (tertiary/aromatic N) is 2. The number of aromatic nitrogens is 2. The first-order valence-electron chi connectivity index (χ1n) is 4.88. The third kappa shape index (κ3) is 3.70. The molecule has 1 atom stereocenters. The van der Waals surface area contributed by atoms with Crippen molar-refractivity contribution >= 4 is 23.4 Å². The number of halogens is 1. The van der Waals surface area contributed by atoms with E-state index in [9.17, 15) is 0 Å². The van der Waals surface area contributed by atoms with Crippen LogP contribution in [0.2, 0.25) is 5.02 Å². The molecule has 0 fully saturated rings. The standard InChI is InChI=1S/C10H18ClN3S/c1-10(2,3)15-6-8(12)9-7(11)5-13-14(9)4/h5,8H,6,12H2,1-4H3. The van der Waals surface area contributed by atoms with Gasteiger partial charge in [0.25, 0.3) is 0 Å². The Labute approximate surface area is 100 Å². The summed E-state index contributed by atoms with van der Waals surface area (Å²) in [5, 5.41) is 4.73. The lowest BCUT2D eigenvalue weighted by Gasteiger charge is -2.20. The lowest BCUT2D eigenvalue weighted by atomic mass is 10.2. The van der Waals surface area contributed by atoms with Gasteiger partial charge in [-0.3, -0.25) is 4.68 Å². The van der Waals surface area contributed by atoms with Crippen LogP contribution in [0.15, 0.2) is 6.20 Å². The summed E-state index contributed by atoms with van der Waals surface area (Å²) in [6, 6.07) is -0.0609. The summed E-state index contributed by atoms with van der Waals surface area (Å²) in [5.41, 5.74) is 6.99. The van der Waals surface area contributed by atoms with Crippen LogP contribution in [0.1, 0.15) is 32.5 Å². The normalized spacial score (nSPS) is 14.3. The van der Waals surface area contributed by atoms with E-state index in [2.05, 4.69) is 25.9 Å². The highest BCUT2D eigenvalue weighted by atomic mass is 35.5. The maximum Gasteiger partial charge on any atom is 0.0834 e. The summed E-state index contributed by atoms with van der Waals surface area (Å²) in [5.74, 6) is 0.850. The molecular weight excluding hydrogens is 230 g/mol. The van der Waals surface area contributed by atoms with Crippen molar-refractivity contribution in [2.24, 2.45) is 12.8 Å². The van der Waals surface area contributed by atoms with Gasteiger partial charge < -0.3 is 5.73 Å². The van der Waals surface area contributed by atoms with E-state index in [1.165, 1.54) is 0 Å². The molecule has 1 unspecified atom stereocenters. The molecule has 0 saturated carbocycles. The molecule has 1 rings (SSSR count). The molecule has 0 amide bonds. The van der Waals surface area contributed by atoms with Crippen molar-refractivity contribution < 1.29 is 0 Å². The fourth-order valence-corrected chi connectivity index (χ4v) is 2.40. The molecule has 0 aromatic carbocycles. The summed E-state index contributed by atoms with van der Waals surface area (Å²) >= 11 is 7.85. The highest BCUT2D eigenvalue weighted by Crippen LogP contribution is 2.29. The Morgan fingerprint density at radius 3 is 2.60 bits per heavy atom. The number of aryl methyl sites for hydroxylation is 1. The number of nitrogens with two attached hydrogens (primary N) is 1. The third-order valence-corrected chi connectivity index (χ3v) is 3.67. The van der Waals surface area contributed by atoms with Gasteiger partial charge in [0.05, 0.1) is 23.0 Å². The molecule has 0 aliphatic carbocycles. The number of rotatable bonds is 3. The number of hydrogen-bond acceptors (Lipinski definition) is 3. The Hall–Kier alpha value is -0.190. The third-order valence-electron chi connectivity index (χ3n) is 1.98. The fourth-order valence-electron chi connectivity index (χ4n) is 1.26. The van der Waals surface area contributed by atoms with E-state index in [4.69, 9.17) is 17.3 Å². The van der Waals surface area contributed by atoms with E-state index in [-0.39, 0.29) is 10.8 Å². The lowest BCUT2D eigenvalue weighted by molar-refractivity contribution is 0.657. The molecule has 86 valence electrons. The summed E-state index contributed by atoms with van der Waals surface area (Å²) in [4.78, 5) is 0. The average Bonchev–Trinajstić information content (AvgIpc) is 2.41. The number of hydrogen-bond donors (Lipinski definition) is 1. The first kappa shape index (κ1) is 12.9. The average molecular weight is 248 g/mol. The van der Waals surface area contributed by atoms with Crippen LogP contribution in [0.4, 0.5) is 0 Å². The second kappa shape index (κ2) is 4.76. The van der Waals surface area contributed by atoms with E-state index in [0.717, 1.165) is 11.4 Å². The van der Waals surface area contributed by atoms with E-state index in [0.29, 0.717) is 5.02 Å². The van der Waals surface area contributed by atoms with Gasteiger partial charge in [0.2, 0.25) is 0 Å². The van der Waals surface area contributed by atoms with Gasteiger partial charge >= 0.3 is 0 Å². The minimum Gasteiger partial charge on any atom is -0.322 e. The van der Waals surface area contributed by atoms with E-state index >= 15 is 0 Å². The van der Waals surface area contributed by atoms with Crippen LogP contribution in [0, 0.1) is 0 Å². The SMILES string of the molecule is Cn1ncc(Cl)c1C(N)CSC(C)(C)C. The highest BCUT2D eigenvalue weighted by Gasteiger charge is 2.18. The van der Waals surface area contributed by atoms with Crippen LogP contribution in [0.5, 0.6) is 0 Å². The molecule has 0 bridgehead atoms. The monoisotopic (exact) mass is 247 g/mol. The molecule has 0 spiro atoms. The van der Waals surface area contributed by atoms with Gasteiger partial charge in [-0.2, -0.15) is 16.9 Å². The Morgan fingerprint density at radius 1 is 1.60 bits per heavy atom. The Kier molecular flexibility index (Phi) is 4.09. The summed E-state index contributed by atoms with van der Waals surface area (Å²) in [6.45, 7) is 6.53. The molecule has 1 heterocycles. The molecular formula is C10H18ClN3S. The zero-order valence-electron chi connectivity index (χ0n) is 9.62. The largest absolute Gasteiger partial charge is 0.322 e. The molecule has 0 saturated heterocycles. The van der Waals surface area contributed by atoms with Crippen LogP contribution in [0.3, 0.4) is 0 Å². The molecule has 3 nitrogen and oxygen atoms in total. The maximum atomic E-state index is 6.08. The molecule has 0 aliphatic rings. The Morgan fingerprint density at radius 2 is 2.20 bits per heavy atom. The van der Waals surface area contributed by atoms with E-state index in [1.54, 1.807) is 10.9 Å². The first-order valence-corrected chi connectivity index (χ1v) is 6.24. The van der Waals surface area contributed by atoms with Gasteiger partial charge in [-0.05, 0) is 0 Å². The molecule has 0 radical (unpaired) electrons. The van der Waals surface area contributed by atoms with Crippen molar-refractivity contribution in [2.75, 3.05) is 5.75 Å². The van der Waals surface area contributed by atoms with Gasteiger partial charge in [-0.25, -0.2) is 0 Å². The quantitative estimate of drug-likeness (QED) is 0.893. The first-order chi connectivity index (χ1) is 6.81. The van der Waals surface area contributed by atoms with Gasteiger partial charge in [-0.15, -0.1) is 0 Å². The van der Waals surface area contributed by atoms with E-state index in [1.807, 2.05) is 18.8 Å². The van der Waals surface area contributed by atoms with Crippen molar-refractivity contribution in [1.29, 1.82) is 0 Å². The van der Waals surface area contributed by atoms with E-state index < -0.39 is 0 Å². The molecule has 5 heteroatoms. The second-order valence-electron chi connectivity index (χ2n) is 4.53. The smallest absolute Gasteiger partial charge is 0.0834 e. The maximum absolute atomic E-state index is 6.08. The molecule has 1 aromatic rings. The van der Waals surface area contributed by atoms with Gasteiger partial charge in [-0.1, -0.05) is 32.4 Å². The van der Waals surface area contributed by atoms with Crippen molar-refractivity contribution in [2.45, 2.75) is 31.6 Å². The van der Waals surface area contributed by atoms with Crippen LogP contribution >= 0.6 is 23.4 Å². The summed E-state index contributed by atoms with van der Waals surface area (Å²) < 4.78 is 1.97. The predicted molar refractivity (Wildman–Crippen MR) is 67.4 cm³/mol. The molecule has 0 aliphatic heterocycles. The van der Waals surface area contributed by atoms with Crippen LogP contribution in [-0.4, -0.2) is 20.3 Å². The predicted octanol–water partition coefficient (Wildman–Crippen LogP) is 2.61. The number of thioether (sulfide) groups is 1. The Balaban J connectivity index is 2.65. The minimum absolute atomic E-state index is 0.0609. The minimum atomic E-state index is -0.0609.